The van der Waals surface area contributed by atoms with E-state index in [9.17, 15) is 14.9 Å². The normalized spacial score (nSPS) is 19.4. The van der Waals surface area contributed by atoms with Crippen molar-refractivity contribution in [2.24, 2.45) is 0 Å². The van der Waals surface area contributed by atoms with E-state index in [1.807, 2.05) is 18.7 Å². The van der Waals surface area contributed by atoms with Gasteiger partial charge in [-0.2, -0.15) is 5.10 Å². The Hall–Kier alpha value is -1.92. The number of piperidine rings is 1. The Kier molecular flexibility index (Phi) is 4.06. The average Bonchev–Trinajstić information content (AvgIpc) is 2.76. The van der Waals surface area contributed by atoms with Crippen molar-refractivity contribution < 1.29 is 9.72 Å². The Bertz CT molecular complexity index is 524. The minimum Gasteiger partial charge on any atom is -0.341 e. The highest BCUT2D eigenvalue weighted by Gasteiger charge is 2.34. The molecular weight excluding hydrogens is 260 g/mol. The Balaban J connectivity index is 2.57. The number of hydrogen-bond acceptors (Lipinski definition) is 5. The van der Waals surface area contributed by atoms with Crippen LogP contribution < -0.4 is 4.90 Å². The molecule has 0 amide bonds. The number of aromatic nitrogens is 2. The second kappa shape index (κ2) is 5.60. The third-order valence-corrected chi connectivity index (χ3v) is 3.68. The average molecular weight is 280 g/mol. The van der Waals surface area contributed by atoms with Gasteiger partial charge in [-0.05, 0) is 40.0 Å². The van der Waals surface area contributed by atoms with Crippen molar-refractivity contribution in [2.45, 2.75) is 52.1 Å². The molecule has 2 rings (SSSR count). The number of nitrogens with zero attached hydrogens (tertiary/aromatic N) is 4. The first kappa shape index (κ1) is 14.5. The molecule has 0 aliphatic carbocycles. The summed E-state index contributed by atoms with van der Waals surface area (Å²) in [4.78, 5) is 24.1. The lowest BCUT2D eigenvalue weighted by atomic mass is 10.0. The van der Waals surface area contributed by atoms with Crippen LogP contribution in [-0.4, -0.2) is 33.6 Å². The number of carbonyl (C=O) groups is 1. The smallest absolute Gasteiger partial charge is 0.333 e. The van der Waals surface area contributed by atoms with Gasteiger partial charge in [0.2, 0.25) is 5.82 Å². The first-order valence-corrected chi connectivity index (χ1v) is 6.92. The van der Waals surface area contributed by atoms with E-state index in [-0.39, 0.29) is 17.8 Å². The predicted molar refractivity (Wildman–Crippen MR) is 75.1 cm³/mol. The molecule has 1 unspecified atom stereocenters. The molecular formula is C13H20N4O3. The number of aldehydes is 1. The van der Waals surface area contributed by atoms with Crippen LogP contribution >= 0.6 is 0 Å². The molecule has 0 bridgehead atoms. The van der Waals surface area contributed by atoms with E-state index in [4.69, 9.17) is 0 Å². The van der Waals surface area contributed by atoms with Crippen molar-refractivity contribution in [2.75, 3.05) is 11.4 Å². The minimum atomic E-state index is -0.396. The van der Waals surface area contributed by atoms with Gasteiger partial charge in [0.15, 0.2) is 0 Å². The summed E-state index contributed by atoms with van der Waals surface area (Å²) in [5.74, 6) is 0.472. The Morgan fingerprint density at radius 1 is 1.45 bits per heavy atom. The van der Waals surface area contributed by atoms with Gasteiger partial charge in [-0.25, -0.2) is 4.68 Å². The zero-order valence-corrected chi connectivity index (χ0v) is 12.1. The van der Waals surface area contributed by atoms with Crippen molar-refractivity contribution in [1.29, 1.82) is 0 Å². The van der Waals surface area contributed by atoms with E-state index >= 15 is 0 Å². The van der Waals surface area contributed by atoms with Crippen LogP contribution in [0.5, 0.6) is 0 Å². The number of carbonyl (C=O) groups excluding carboxylic acids is 1. The van der Waals surface area contributed by atoms with Gasteiger partial charge in [0.25, 0.3) is 0 Å². The molecule has 1 fully saturated rings. The summed E-state index contributed by atoms with van der Waals surface area (Å²) < 4.78 is 1.66. The summed E-state index contributed by atoms with van der Waals surface area (Å²) in [6.45, 7) is 6.15. The summed E-state index contributed by atoms with van der Waals surface area (Å²) in [7, 11) is 0. The van der Waals surface area contributed by atoms with E-state index in [0.717, 1.165) is 25.5 Å². The first-order chi connectivity index (χ1) is 9.47. The van der Waals surface area contributed by atoms with Crippen molar-refractivity contribution in [3.63, 3.8) is 0 Å². The third kappa shape index (κ3) is 2.39. The summed E-state index contributed by atoms with van der Waals surface area (Å²) in [6.07, 6.45) is 3.53. The van der Waals surface area contributed by atoms with E-state index < -0.39 is 4.92 Å². The maximum Gasteiger partial charge on any atom is 0.333 e. The second-order valence-electron chi connectivity index (χ2n) is 5.45. The maximum absolute atomic E-state index is 11.4. The zero-order valence-electron chi connectivity index (χ0n) is 12.1. The van der Waals surface area contributed by atoms with Gasteiger partial charge in [-0.1, -0.05) is 0 Å². The van der Waals surface area contributed by atoms with Crippen LogP contribution in [-0.2, 0) is 4.79 Å². The van der Waals surface area contributed by atoms with Gasteiger partial charge in [0.1, 0.15) is 12.0 Å². The van der Waals surface area contributed by atoms with E-state index in [0.29, 0.717) is 18.1 Å². The third-order valence-electron chi connectivity index (χ3n) is 3.68. The molecule has 20 heavy (non-hydrogen) atoms. The molecule has 0 aromatic carbocycles. The number of hydrogen-bond donors (Lipinski definition) is 0. The van der Waals surface area contributed by atoms with Crippen LogP contribution in [0.15, 0.2) is 0 Å². The van der Waals surface area contributed by atoms with Crippen molar-refractivity contribution in [3.8, 4) is 0 Å². The van der Waals surface area contributed by atoms with Crippen molar-refractivity contribution in [3.05, 3.63) is 15.8 Å². The molecule has 7 heteroatoms. The van der Waals surface area contributed by atoms with Gasteiger partial charge >= 0.3 is 5.69 Å². The van der Waals surface area contributed by atoms with Crippen LogP contribution in [0.4, 0.5) is 11.5 Å². The number of rotatable bonds is 4. The fraction of sp³-hybridized carbons (Fsp3) is 0.692. The first-order valence-electron chi connectivity index (χ1n) is 6.92. The highest BCUT2D eigenvalue weighted by atomic mass is 16.6. The molecule has 0 N–H and O–H groups in total. The fourth-order valence-corrected chi connectivity index (χ4v) is 2.73. The molecule has 0 spiro atoms. The van der Waals surface area contributed by atoms with E-state index in [1.165, 1.54) is 0 Å². The standard InChI is InChI=1S/C13H20N4O3/c1-9(2)16-13(12(17(19)20)10(3)14-16)15-7-5-4-6-11(15)8-18/h8-9,11H,4-7H2,1-3H3. The number of aryl methyl sites for hydroxylation is 1. The lowest BCUT2D eigenvalue weighted by Crippen LogP contribution is -2.42. The molecule has 7 nitrogen and oxygen atoms in total. The fourth-order valence-electron chi connectivity index (χ4n) is 2.73. The van der Waals surface area contributed by atoms with Crippen molar-refractivity contribution in [1.82, 2.24) is 9.78 Å². The van der Waals surface area contributed by atoms with Crippen LogP contribution in [0.3, 0.4) is 0 Å². The molecule has 1 aromatic heterocycles. The van der Waals surface area contributed by atoms with E-state index in [2.05, 4.69) is 5.10 Å². The number of nitro groups is 1. The molecule has 1 aliphatic heterocycles. The van der Waals surface area contributed by atoms with Gasteiger partial charge < -0.3 is 9.69 Å². The second-order valence-corrected chi connectivity index (χ2v) is 5.45. The van der Waals surface area contributed by atoms with Crippen LogP contribution in [0.25, 0.3) is 0 Å². The molecule has 110 valence electrons. The summed E-state index contributed by atoms with van der Waals surface area (Å²) >= 11 is 0. The topological polar surface area (TPSA) is 81.3 Å². The molecule has 1 saturated heterocycles. The van der Waals surface area contributed by atoms with Crippen molar-refractivity contribution >= 4 is 17.8 Å². The molecule has 1 aliphatic rings. The van der Waals surface area contributed by atoms with Gasteiger partial charge in [0.05, 0.1) is 11.0 Å². The Morgan fingerprint density at radius 2 is 2.15 bits per heavy atom. The lowest BCUT2D eigenvalue weighted by Gasteiger charge is -2.34. The van der Waals surface area contributed by atoms with Gasteiger partial charge in [0, 0.05) is 12.6 Å². The highest BCUT2D eigenvalue weighted by Crippen LogP contribution is 2.36. The predicted octanol–water partition coefficient (Wildman–Crippen LogP) is 2.24. The number of anilines is 1. The SMILES string of the molecule is Cc1nn(C(C)C)c(N2CCCCC2C=O)c1[N+](=O)[O-]. The maximum atomic E-state index is 11.4. The minimum absolute atomic E-state index is 0.00614. The summed E-state index contributed by atoms with van der Waals surface area (Å²) in [5, 5.41) is 15.6. The molecule has 0 radical (unpaired) electrons. The monoisotopic (exact) mass is 280 g/mol. The summed E-state index contributed by atoms with van der Waals surface area (Å²) in [5.41, 5.74) is 0.418. The molecule has 1 aromatic rings. The molecule has 0 saturated carbocycles. The lowest BCUT2D eigenvalue weighted by molar-refractivity contribution is -0.384. The summed E-state index contributed by atoms with van der Waals surface area (Å²) in [6, 6.07) is -0.289. The van der Waals surface area contributed by atoms with Gasteiger partial charge in [-0.3, -0.25) is 10.1 Å². The van der Waals surface area contributed by atoms with Crippen LogP contribution in [0, 0.1) is 17.0 Å². The Labute approximate surface area is 117 Å². The Morgan fingerprint density at radius 3 is 2.70 bits per heavy atom. The highest BCUT2D eigenvalue weighted by molar-refractivity contribution is 5.70. The molecule has 2 heterocycles. The van der Waals surface area contributed by atoms with Crippen LogP contribution in [0.2, 0.25) is 0 Å². The van der Waals surface area contributed by atoms with Gasteiger partial charge in [-0.15, -0.1) is 0 Å². The zero-order chi connectivity index (χ0) is 14.9. The quantitative estimate of drug-likeness (QED) is 0.480. The molecule has 1 atom stereocenters. The largest absolute Gasteiger partial charge is 0.341 e. The van der Waals surface area contributed by atoms with Crippen LogP contribution in [0.1, 0.15) is 44.8 Å². The van der Waals surface area contributed by atoms with E-state index in [1.54, 1.807) is 11.6 Å².